The Hall–Kier alpha value is -0.0300. The number of hydrogen-bond acceptors (Lipinski definition) is 1. The number of alkyl halides is 1. The Morgan fingerprint density at radius 2 is 2.11 bits per heavy atom. The van der Waals surface area contributed by atoms with Gasteiger partial charge in [-0.3, -0.25) is 0 Å². The van der Waals surface area contributed by atoms with Crippen LogP contribution in [0.15, 0.2) is 0 Å². The molecule has 0 spiro atoms. The minimum atomic E-state index is -0.178. The fourth-order valence-corrected chi connectivity index (χ4v) is 1.56. The van der Waals surface area contributed by atoms with Crippen LogP contribution in [0.3, 0.4) is 0 Å². The lowest BCUT2D eigenvalue weighted by Gasteiger charge is -2.15. The van der Waals surface area contributed by atoms with Crippen LogP contribution in [0.2, 0.25) is 0 Å². The highest BCUT2D eigenvalue weighted by atomic mass is 79.9. The fourth-order valence-electron chi connectivity index (χ4n) is 0.749. The molecule has 2 heteroatoms. The molecule has 0 fully saturated rings. The predicted octanol–water partition coefficient (Wildman–Crippen LogP) is 2.71. The van der Waals surface area contributed by atoms with E-state index in [-0.39, 0.29) is 5.41 Å². The second kappa shape index (κ2) is 3.22. The van der Waals surface area contributed by atoms with E-state index in [9.17, 15) is 0 Å². The molecule has 0 radical (unpaired) electrons. The van der Waals surface area contributed by atoms with Gasteiger partial charge in [0.1, 0.15) is 0 Å². The van der Waals surface area contributed by atoms with Gasteiger partial charge in [-0.05, 0) is 20.3 Å². The van der Waals surface area contributed by atoms with Crippen molar-refractivity contribution in [2.75, 3.05) is 0 Å². The normalized spacial score (nSPS) is 14.6. The van der Waals surface area contributed by atoms with E-state index >= 15 is 0 Å². The molecule has 0 saturated heterocycles. The van der Waals surface area contributed by atoms with Crippen molar-refractivity contribution in [3.05, 3.63) is 0 Å². The van der Waals surface area contributed by atoms with Gasteiger partial charge < -0.3 is 0 Å². The molecule has 52 valence electrons. The predicted molar refractivity (Wildman–Crippen MR) is 42.4 cm³/mol. The van der Waals surface area contributed by atoms with Crippen molar-refractivity contribution < 1.29 is 0 Å². The molecule has 1 nitrogen and oxygen atoms in total. The Morgan fingerprint density at radius 3 is 2.22 bits per heavy atom. The van der Waals surface area contributed by atoms with Gasteiger partial charge in [-0.2, -0.15) is 5.26 Å². The molecule has 0 bridgehead atoms. The second-order valence-corrected chi connectivity index (χ2v) is 4.54. The van der Waals surface area contributed by atoms with Gasteiger partial charge in [-0.15, -0.1) is 0 Å². The largest absolute Gasteiger partial charge is 0.198 e. The summed E-state index contributed by atoms with van der Waals surface area (Å²) in [6.45, 7) is 5.95. The molecule has 9 heavy (non-hydrogen) atoms. The maximum Gasteiger partial charge on any atom is 0.0684 e. The van der Waals surface area contributed by atoms with Crippen molar-refractivity contribution in [3.63, 3.8) is 0 Å². The molecule has 0 aliphatic rings. The van der Waals surface area contributed by atoms with Crippen molar-refractivity contribution in [1.82, 2.24) is 0 Å². The summed E-state index contributed by atoms with van der Waals surface area (Å²) in [7, 11) is 0. The Balaban J connectivity index is 3.76. The Bertz CT molecular complexity index is 121. The summed E-state index contributed by atoms with van der Waals surface area (Å²) in [5.41, 5.74) is -0.178. The van der Waals surface area contributed by atoms with Crippen LogP contribution < -0.4 is 0 Å². The van der Waals surface area contributed by atoms with E-state index in [0.29, 0.717) is 4.83 Å². The van der Waals surface area contributed by atoms with E-state index in [1.54, 1.807) is 0 Å². The molecule has 0 rings (SSSR count). The van der Waals surface area contributed by atoms with Crippen LogP contribution in [0.1, 0.15) is 27.2 Å². The topological polar surface area (TPSA) is 23.8 Å². The van der Waals surface area contributed by atoms with Crippen molar-refractivity contribution in [2.24, 2.45) is 5.41 Å². The van der Waals surface area contributed by atoms with Gasteiger partial charge in [0.2, 0.25) is 0 Å². The first kappa shape index (κ1) is 8.97. The van der Waals surface area contributed by atoms with Crippen LogP contribution >= 0.6 is 15.9 Å². The summed E-state index contributed by atoms with van der Waals surface area (Å²) in [4.78, 5) is 0.437. The van der Waals surface area contributed by atoms with Crippen LogP contribution in [-0.2, 0) is 0 Å². The average molecular weight is 190 g/mol. The molecule has 0 aromatic carbocycles. The highest BCUT2D eigenvalue weighted by molar-refractivity contribution is 9.09. The molecule has 0 N–H and O–H groups in total. The van der Waals surface area contributed by atoms with Gasteiger partial charge in [-0.25, -0.2) is 0 Å². The number of rotatable bonds is 2. The maximum absolute atomic E-state index is 8.57. The molecule has 0 amide bonds. The molecule has 0 aromatic heterocycles. The van der Waals surface area contributed by atoms with E-state index in [1.165, 1.54) is 0 Å². The van der Waals surface area contributed by atoms with Crippen LogP contribution in [0.4, 0.5) is 0 Å². The van der Waals surface area contributed by atoms with Gasteiger partial charge in [0.15, 0.2) is 0 Å². The first-order valence-corrected chi connectivity index (χ1v) is 3.95. The Labute approximate surface area is 65.2 Å². The highest BCUT2D eigenvalue weighted by Crippen LogP contribution is 2.23. The van der Waals surface area contributed by atoms with Gasteiger partial charge in [0, 0.05) is 4.83 Å². The lowest BCUT2D eigenvalue weighted by Crippen LogP contribution is -2.12. The van der Waals surface area contributed by atoms with Gasteiger partial charge in [-0.1, -0.05) is 22.9 Å². The molecule has 0 heterocycles. The van der Waals surface area contributed by atoms with Crippen LogP contribution in [-0.4, -0.2) is 4.83 Å². The monoisotopic (exact) mass is 189 g/mol. The molecular weight excluding hydrogens is 178 g/mol. The molecule has 0 aliphatic heterocycles. The van der Waals surface area contributed by atoms with Gasteiger partial charge >= 0.3 is 0 Å². The minimum absolute atomic E-state index is 0.178. The first-order chi connectivity index (χ1) is 3.98. The van der Waals surface area contributed by atoms with Crippen molar-refractivity contribution in [2.45, 2.75) is 32.0 Å². The summed E-state index contributed by atoms with van der Waals surface area (Å²) in [5.74, 6) is 0. The lowest BCUT2D eigenvalue weighted by atomic mass is 9.90. The molecule has 0 aliphatic carbocycles. The zero-order valence-electron chi connectivity index (χ0n) is 6.11. The Morgan fingerprint density at radius 1 is 1.67 bits per heavy atom. The van der Waals surface area contributed by atoms with E-state index in [1.807, 2.05) is 13.8 Å². The van der Waals surface area contributed by atoms with E-state index < -0.39 is 0 Å². The highest BCUT2D eigenvalue weighted by Gasteiger charge is 2.18. The third-order valence-corrected chi connectivity index (χ3v) is 1.42. The number of hydrogen-bond donors (Lipinski definition) is 0. The van der Waals surface area contributed by atoms with Crippen molar-refractivity contribution in [1.29, 1.82) is 5.26 Å². The summed E-state index contributed by atoms with van der Waals surface area (Å²) < 4.78 is 0. The number of nitrogens with zero attached hydrogens (tertiary/aromatic N) is 1. The standard InChI is InChI=1S/C7H12BrN/c1-6(8)4-7(2,3)5-9/h6H,4H2,1-3H3. The second-order valence-electron chi connectivity index (χ2n) is 2.98. The molecule has 1 unspecified atom stereocenters. The Kier molecular flexibility index (Phi) is 3.21. The van der Waals surface area contributed by atoms with E-state index in [2.05, 4.69) is 28.9 Å². The van der Waals surface area contributed by atoms with Gasteiger partial charge in [0.25, 0.3) is 0 Å². The van der Waals surface area contributed by atoms with Crippen LogP contribution in [0.5, 0.6) is 0 Å². The van der Waals surface area contributed by atoms with E-state index in [0.717, 1.165) is 6.42 Å². The summed E-state index contributed by atoms with van der Waals surface area (Å²) in [6, 6.07) is 2.24. The summed E-state index contributed by atoms with van der Waals surface area (Å²) >= 11 is 3.40. The quantitative estimate of drug-likeness (QED) is 0.614. The molecule has 1 atom stereocenters. The SMILES string of the molecule is CC(Br)CC(C)(C)C#N. The zero-order valence-corrected chi connectivity index (χ0v) is 7.70. The molecule has 0 aromatic rings. The third-order valence-electron chi connectivity index (χ3n) is 1.09. The molecular formula is C7H12BrN. The summed E-state index contributed by atoms with van der Waals surface area (Å²) in [5, 5.41) is 8.57. The van der Waals surface area contributed by atoms with Crippen molar-refractivity contribution >= 4 is 15.9 Å². The minimum Gasteiger partial charge on any atom is -0.198 e. The smallest absolute Gasteiger partial charge is 0.0684 e. The third kappa shape index (κ3) is 4.47. The average Bonchev–Trinajstić information content (AvgIpc) is 1.63. The number of nitriles is 1. The van der Waals surface area contributed by atoms with Crippen molar-refractivity contribution in [3.8, 4) is 6.07 Å². The van der Waals surface area contributed by atoms with Gasteiger partial charge in [0.05, 0.1) is 11.5 Å². The lowest BCUT2D eigenvalue weighted by molar-refractivity contribution is 0.455. The zero-order chi connectivity index (χ0) is 7.49. The first-order valence-electron chi connectivity index (χ1n) is 3.03. The van der Waals surface area contributed by atoms with Crippen LogP contribution in [0, 0.1) is 16.7 Å². The maximum atomic E-state index is 8.57. The summed E-state index contributed by atoms with van der Waals surface area (Å²) in [6.07, 6.45) is 0.906. The van der Waals surface area contributed by atoms with Crippen LogP contribution in [0.25, 0.3) is 0 Å². The number of halogens is 1. The molecule has 0 saturated carbocycles. The van der Waals surface area contributed by atoms with E-state index in [4.69, 9.17) is 5.26 Å². The fraction of sp³-hybridized carbons (Fsp3) is 0.857.